The lowest BCUT2D eigenvalue weighted by Gasteiger charge is -2.23. The van der Waals surface area contributed by atoms with Crippen molar-refractivity contribution < 1.29 is 9.28 Å². The van der Waals surface area contributed by atoms with Crippen molar-refractivity contribution in [2.45, 2.75) is 6.92 Å². The Labute approximate surface area is 56.2 Å². The van der Waals surface area contributed by atoms with Crippen molar-refractivity contribution in [2.24, 2.45) is 0 Å². The maximum absolute atomic E-state index is 10.9. The first-order chi connectivity index (χ1) is 4.04. The maximum atomic E-state index is 10.9. The maximum Gasteiger partial charge on any atom is 0.415 e. The van der Waals surface area contributed by atoms with Crippen LogP contribution < -0.4 is 5.32 Å². The number of urea groups is 1. The van der Waals surface area contributed by atoms with Crippen LogP contribution in [0.2, 0.25) is 0 Å². The van der Waals surface area contributed by atoms with Gasteiger partial charge in [-0.25, -0.2) is 9.28 Å². The second-order valence-corrected chi connectivity index (χ2v) is 2.56. The molecule has 0 spiro atoms. The van der Waals surface area contributed by atoms with Crippen LogP contribution >= 0.6 is 0 Å². The van der Waals surface area contributed by atoms with Gasteiger partial charge in [-0.05, 0) is 6.92 Å². The number of nitrogens with one attached hydrogen (secondary N) is 1. The molecular weight excluding hydrogens is 116 g/mol. The van der Waals surface area contributed by atoms with Crippen molar-refractivity contribution >= 4 is 6.03 Å². The smallest absolute Gasteiger partial charge is 0.309 e. The van der Waals surface area contributed by atoms with Gasteiger partial charge in [-0.15, -0.1) is 0 Å². The molecule has 0 aliphatic carbocycles. The van der Waals surface area contributed by atoms with Crippen LogP contribution in [0, 0.1) is 0 Å². The molecule has 54 valence electrons. The van der Waals surface area contributed by atoms with Crippen molar-refractivity contribution in [3.63, 3.8) is 0 Å². The summed E-state index contributed by atoms with van der Waals surface area (Å²) >= 11 is 0. The zero-order valence-corrected chi connectivity index (χ0v) is 6.56. The monoisotopic (exact) mass is 131 g/mol. The lowest BCUT2D eigenvalue weighted by molar-refractivity contribution is -0.807. The Morgan fingerprint density at radius 1 is 1.56 bits per heavy atom. The van der Waals surface area contributed by atoms with E-state index in [9.17, 15) is 4.79 Å². The predicted molar refractivity (Wildman–Crippen MR) is 37.1 cm³/mol. The lowest BCUT2D eigenvalue weighted by atomic mass is 10.5. The Kier molecular flexibility index (Phi) is 2.65. The molecule has 3 heteroatoms. The van der Waals surface area contributed by atoms with Crippen LogP contribution in [0.4, 0.5) is 4.79 Å². The number of nitrogens with zero attached hydrogens (tertiary/aromatic N) is 1. The SMILES string of the molecule is CC[N+](C)(C)C(=O)NC. The molecule has 0 saturated carbocycles. The third-order valence-electron chi connectivity index (χ3n) is 1.55. The minimum absolute atomic E-state index is 0.0532. The molecule has 3 nitrogen and oxygen atoms in total. The van der Waals surface area contributed by atoms with Crippen LogP contribution in [-0.4, -0.2) is 38.2 Å². The van der Waals surface area contributed by atoms with E-state index in [2.05, 4.69) is 5.32 Å². The standard InChI is InChI=1S/C6H14N2O/c1-5-8(3,4)6(9)7-2/h5H2,1-4H3/p+1. The summed E-state index contributed by atoms with van der Waals surface area (Å²) in [6.07, 6.45) is 0. The Balaban J connectivity index is 3.97. The van der Waals surface area contributed by atoms with E-state index in [1.807, 2.05) is 21.0 Å². The summed E-state index contributed by atoms with van der Waals surface area (Å²) < 4.78 is 0.399. The minimum Gasteiger partial charge on any atom is -0.309 e. The zero-order chi connectivity index (χ0) is 7.49. The van der Waals surface area contributed by atoms with Gasteiger partial charge in [0.1, 0.15) is 0 Å². The van der Waals surface area contributed by atoms with Crippen LogP contribution in [0.1, 0.15) is 6.92 Å². The van der Waals surface area contributed by atoms with Crippen LogP contribution in [-0.2, 0) is 0 Å². The number of carbonyl (C=O) groups is 1. The van der Waals surface area contributed by atoms with Crippen molar-refractivity contribution in [3.05, 3.63) is 0 Å². The van der Waals surface area contributed by atoms with E-state index < -0.39 is 0 Å². The van der Waals surface area contributed by atoms with Crippen molar-refractivity contribution in [1.82, 2.24) is 5.32 Å². The molecule has 0 fully saturated rings. The molecule has 0 aromatic carbocycles. The Bertz CT molecular complexity index is 110. The van der Waals surface area contributed by atoms with E-state index in [-0.39, 0.29) is 6.03 Å². The molecule has 1 N–H and O–H groups in total. The fourth-order valence-corrected chi connectivity index (χ4v) is 0.446. The first-order valence-corrected chi connectivity index (χ1v) is 3.10. The fourth-order valence-electron chi connectivity index (χ4n) is 0.446. The number of hydrogen-bond acceptors (Lipinski definition) is 1. The van der Waals surface area contributed by atoms with Gasteiger partial charge >= 0.3 is 6.03 Å². The summed E-state index contributed by atoms with van der Waals surface area (Å²) in [5, 5.41) is 2.59. The molecule has 0 radical (unpaired) electrons. The first-order valence-electron chi connectivity index (χ1n) is 3.10. The molecular formula is C6H15N2O+. The van der Waals surface area contributed by atoms with Gasteiger partial charge in [0.25, 0.3) is 0 Å². The highest BCUT2D eigenvalue weighted by Gasteiger charge is 2.21. The van der Waals surface area contributed by atoms with Crippen LogP contribution in [0.15, 0.2) is 0 Å². The Morgan fingerprint density at radius 2 is 2.00 bits per heavy atom. The van der Waals surface area contributed by atoms with Crippen molar-refractivity contribution in [2.75, 3.05) is 27.7 Å². The minimum atomic E-state index is 0.0532. The van der Waals surface area contributed by atoms with Gasteiger partial charge in [-0.3, -0.25) is 0 Å². The lowest BCUT2D eigenvalue weighted by Crippen LogP contribution is -2.50. The van der Waals surface area contributed by atoms with E-state index in [1.165, 1.54) is 0 Å². The molecule has 0 aliphatic rings. The molecule has 0 atom stereocenters. The zero-order valence-electron chi connectivity index (χ0n) is 6.56. The highest BCUT2D eigenvalue weighted by molar-refractivity contribution is 5.65. The third kappa shape index (κ3) is 2.01. The number of quaternary nitrogens is 1. The highest BCUT2D eigenvalue weighted by Crippen LogP contribution is 1.94. The van der Waals surface area contributed by atoms with Gasteiger partial charge < -0.3 is 5.32 Å². The Hall–Kier alpha value is -0.570. The molecule has 0 aromatic heterocycles. The molecule has 0 rings (SSSR count). The molecule has 0 aromatic rings. The quantitative estimate of drug-likeness (QED) is 0.513. The third-order valence-corrected chi connectivity index (χ3v) is 1.55. The van der Waals surface area contributed by atoms with Crippen LogP contribution in [0.5, 0.6) is 0 Å². The van der Waals surface area contributed by atoms with Gasteiger partial charge in [-0.2, -0.15) is 0 Å². The van der Waals surface area contributed by atoms with Crippen molar-refractivity contribution in [1.29, 1.82) is 0 Å². The molecule has 0 heterocycles. The van der Waals surface area contributed by atoms with E-state index in [4.69, 9.17) is 0 Å². The highest BCUT2D eigenvalue weighted by atomic mass is 16.2. The molecule has 0 saturated heterocycles. The van der Waals surface area contributed by atoms with Gasteiger partial charge in [0.05, 0.1) is 20.6 Å². The summed E-state index contributed by atoms with van der Waals surface area (Å²) in [6.45, 7) is 2.80. The second-order valence-electron chi connectivity index (χ2n) is 2.56. The van der Waals surface area contributed by atoms with Gasteiger partial charge in [0, 0.05) is 7.05 Å². The number of amides is 2. The van der Waals surface area contributed by atoms with Gasteiger partial charge in [-0.1, -0.05) is 0 Å². The van der Waals surface area contributed by atoms with E-state index >= 15 is 0 Å². The van der Waals surface area contributed by atoms with E-state index in [0.29, 0.717) is 4.48 Å². The second kappa shape index (κ2) is 2.82. The number of carbonyl (C=O) groups excluding carboxylic acids is 1. The summed E-state index contributed by atoms with van der Waals surface area (Å²) in [4.78, 5) is 10.9. The van der Waals surface area contributed by atoms with Crippen molar-refractivity contribution in [3.8, 4) is 0 Å². The number of hydrogen-bond donors (Lipinski definition) is 1. The van der Waals surface area contributed by atoms with Gasteiger partial charge in [0.2, 0.25) is 0 Å². The van der Waals surface area contributed by atoms with E-state index in [0.717, 1.165) is 6.54 Å². The summed E-state index contributed by atoms with van der Waals surface area (Å²) in [6, 6.07) is 0.0532. The molecule has 0 unspecified atom stereocenters. The summed E-state index contributed by atoms with van der Waals surface area (Å²) in [5.74, 6) is 0. The average Bonchev–Trinajstić information content (AvgIpc) is 1.86. The summed E-state index contributed by atoms with van der Waals surface area (Å²) in [7, 11) is 5.40. The number of rotatable bonds is 1. The predicted octanol–water partition coefficient (Wildman–Crippen LogP) is 0.422. The summed E-state index contributed by atoms with van der Waals surface area (Å²) in [5.41, 5.74) is 0. The Morgan fingerprint density at radius 3 is 2.11 bits per heavy atom. The van der Waals surface area contributed by atoms with Crippen LogP contribution in [0.25, 0.3) is 0 Å². The normalized spacial score (nSPS) is 11.1. The van der Waals surface area contributed by atoms with Gasteiger partial charge in [0.15, 0.2) is 0 Å². The first kappa shape index (κ1) is 8.43. The van der Waals surface area contributed by atoms with Crippen LogP contribution in [0.3, 0.4) is 0 Å². The topological polar surface area (TPSA) is 29.1 Å². The largest absolute Gasteiger partial charge is 0.415 e. The van der Waals surface area contributed by atoms with E-state index in [1.54, 1.807) is 7.05 Å². The molecule has 0 aliphatic heterocycles. The molecule has 2 amide bonds. The fraction of sp³-hybridized carbons (Fsp3) is 0.833. The average molecular weight is 131 g/mol. The molecule has 9 heavy (non-hydrogen) atoms. The molecule has 0 bridgehead atoms.